The van der Waals surface area contributed by atoms with Crippen LogP contribution < -0.4 is 4.72 Å². The number of rotatable bonds is 5. The summed E-state index contributed by atoms with van der Waals surface area (Å²) in [6.07, 6.45) is 0.599. The molecule has 15 heavy (non-hydrogen) atoms. The number of nitrogens with one attached hydrogen (secondary N) is 1. The van der Waals surface area contributed by atoms with Crippen molar-refractivity contribution in [2.24, 2.45) is 0 Å². The molecule has 1 rings (SSSR count). The second-order valence-electron chi connectivity index (χ2n) is 2.90. The third kappa shape index (κ3) is 3.99. The van der Waals surface area contributed by atoms with Gasteiger partial charge in [-0.1, -0.05) is 17.7 Å². The van der Waals surface area contributed by atoms with E-state index in [2.05, 4.69) is 4.72 Å². The van der Waals surface area contributed by atoms with Gasteiger partial charge in [0.25, 0.3) is 0 Å². The maximum atomic E-state index is 11.6. The van der Waals surface area contributed by atoms with Crippen LogP contribution in [-0.4, -0.2) is 20.8 Å². The molecular formula is C9H11Cl2NO2S. The monoisotopic (exact) mass is 267 g/mol. The second-order valence-corrected chi connectivity index (χ2v) is 5.48. The average molecular weight is 268 g/mol. The SMILES string of the molecule is O=S(=O)(NCCCCl)c1cccc(Cl)c1. The molecule has 0 heterocycles. The summed E-state index contributed by atoms with van der Waals surface area (Å²) in [6.45, 7) is 0.332. The maximum absolute atomic E-state index is 11.6. The lowest BCUT2D eigenvalue weighted by Gasteiger charge is -2.05. The third-order valence-corrected chi connectivity index (χ3v) is 3.67. The summed E-state index contributed by atoms with van der Waals surface area (Å²) in [4.78, 5) is 0.171. The van der Waals surface area contributed by atoms with Crippen LogP contribution >= 0.6 is 23.2 Å². The van der Waals surface area contributed by atoms with Gasteiger partial charge in [-0.3, -0.25) is 0 Å². The normalized spacial score (nSPS) is 11.6. The first-order chi connectivity index (χ1) is 7.06. The molecule has 0 unspecified atom stereocenters. The van der Waals surface area contributed by atoms with Gasteiger partial charge in [-0.05, 0) is 24.6 Å². The number of sulfonamides is 1. The summed E-state index contributed by atoms with van der Waals surface area (Å²) >= 11 is 11.1. The molecule has 0 aromatic heterocycles. The molecule has 1 N–H and O–H groups in total. The average Bonchev–Trinajstić information content (AvgIpc) is 2.18. The molecule has 6 heteroatoms. The van der Waals surface area contributed by atoms with Gasteiger partial charge in [0.1, 0.15) is 0 Å². The van der Waals surface area contributed by atoms with Crippen LogP contribution in [0.5, 0.6) is 0 Å². The van der Waals surface area contributed by atoms with Gasteiger partial charge in [0.2, 0.25) is 10.0 Å². The lowest BCUT2D eigenvalue weighted by atomic mass is 10.4. The summed E-state index contributed by atoms with van der Waals surface area (Å²) in [5.41, 5.74) is 0. The molecule has 84 valence electrons. The Bertz CT molecular complexity index is 420. The molecule has 0 saturated carbocycles. The van der Waals surface area contributed by atoms with Crippen molar-refractivity contribution in [3.8, 4) is 0 Å². The van der Waals surface area contributed by atoms with Crippen LogP contribution in [0.3, 0.4) is 0 Å². The van der Waals surface area contributed by atoms with Crippen LogP contribution in [0, 0.1) is 0 Å². The molecule has 1 aromatic rings. The molecule has 0 atom stereocenters. The summed E-state index contributed by atoms with van der Waals surface area (Å²) in [6, 6.07) is 6.12. The van der Waals surface area contributed by atoms with E-state index >= 15 is 0 Å². The first-order valence-corrected chi connectivity index (χ1v) is 6.77. The molecule has 0 saturated heterocycles. The number of hydrogen-bond acceptors (Lipinski definition) is 2. The molecule has 0 aliphatic rings. The standard InChI is InChI=1S/C9H11Cl2NO2S/c10-5-2-6-12-15(13,14)9-4-1-3-8(11)7-9/h1,3-4,7,12H,2,5-6H2. The smallest absolute Gasteiger partial charge is 0.211 e. The van der Waals surface area contributed by atoms with Crippen LogP contribution in [0.4, 0.5) is 0 Å². The van der Waals surface area contributed by atoms with Crippen molar-refractivity contribution >= 4 is 33.2 Å². The van der Waals surface area contributed by atoms with Crippen molar-refractivity contribution in [3.63, 3.8) is 0 Å². The van der Waals surface area contributed by atoms with Gasteiger partial charge >= 0.3 is 0 Å². The van der Waals surface area contributed by atoms with Gasteiger partial charge < -0.3 is 0 Å². The molecule has 0 aliphatic carbocycles. The van der Waals surface area contributed by atoms with Crippen LogP contribution in [-0.2, 0) is 10.0 Å². The molecule has 0 amide bonds. The molecular weight excluding hydrogens is 257 g/mol. The van der Waals surface area contributed by atoms with Crippen LogP contribution in [0.25, 0.3) is 0 Å². The van der Waals surface area contributed by atoms with E-state index in [9.17, 15) is 8.42 Å². The highest BCUT2D eigenvalue weighted by atomic mass is 35.5. The van der Waals surface area contributed by atoms with E-state index in [1.165, 1.54) is 12.1 Å². The van der Waals surface area contributed by atoms with E-state index in [1.54, 1.807) is 12.1 Å². The predicted molar refractivity (Wildman–Crippen MR) is 62.0 cm³/mol. The van der Waals surface area contributed by atoms with E-state index in [0.717, 1.165) is 0 Å². The van der Waals surface area contributed by atoms with Crippen molar-refractivity contribution in [3.05, 3.63) is 29.3 Å². The van der Waals surface area contributed by atoms with Crippen LogP contribution in [0.15, 0.2) is 29.2 Å². The fraction of sp³-hybridized carbons (Fsp3) is 0.333. The zero-order valence-electron chi connectivity index (χ0n) is 7.91. The number of hydrogen-bond donors (Lipinski definition) is 1. The molecule has 0 aliphatic heterocycles. The Hall–Kier alpha value is -0.290. The molecule has 0 fully saturated rings. The summed E-state index contributed by atoms with van der Waals surface area (Å²) in [7, 11) is -3.45. The zero-order chi connectivity index (χ0) is 11.3. The van der Waals surface area contributed by atoms with Crippen molar-refractivity contribution in [2.45, 2.75) is 11.3 Å². The molecule has 1 aromatic carbocycles. The molecule has 0 bridgehead atoms. The molecule has 0 radical (unpaired) electrons. The van der Waals surface area contributed by atoms with Gasteiger partial charge in [0.05, 0.1) is 4.90 Å². The van der Waals surface area contributed by atoms with Crippen molar-refractivity contribution < 1.29 is 8.42 Å². The van der Waals surface area contributed by atoms with Gasteiger partial charge in [-0.15, -0.1) is 11.6 Å². The van der Waals surface area contributed by atoms with Gasteiger partial charge in [0.15, 0.2) is 0 Å². The van der Waals surface area contributed by atoms with E-state index in [0.29, 0.717) is 23.9 Å². The Labute approximate surface area is 99.4 Å². The van der Waals surface area contributed by atoms with Crippen LogP contribution in [0.1, 0.15) is 6.42 Å². The highest BCUT2D eigenvalue weighted by Gasteiger charge is 2.12. The topological polar surface area (TPSA) is 46.2 Å². The Balaban J connectivity index is 2.77. The van der Waals surface area contributed by atoms with Crippen LogP contribution in [0.2, 0.25) is 5.02 Å². The fourth-order valence-electron chi connectivity index (χ4n) is 0.991. The van der Waals surface area contributed by atoms with E-state index in [-0.39, 0.29) is 4.90 Å². The largest absolute Gasteiger partial charge is 0.240 e. The minimum absolute atomic E-state index is 0.171. The highest BCUT2D eigenvalue weighted by Crippen LogP contribution is 2.14. The van der Waals surface area contributed by atoms with Gasteiger partial charge in [0, 0.05) is 17.4 Å². The van der Waals surface area contributed by atoms with Crippen molar-refractivity contribution in [2.75, 3.05) is 12.4 Å². The zero-order valence-corrected chi connectivity index (χ0v) is 10.2. The Morgan fingerprint density at radius 2 is 2.07 bits per heavy atom. The third-order valence-electron chi connectivity index (χ3n) is 1.71. The van der Waals surface area contributed by atoms with Gasteiger partial charge in [-0.2, -0.15) is 0 Å². The quantitative estimate of drug-likeness (QED) is 0.657. The van der Waals surface area contributed by atoms with E-state index in [4.69, 9.17) is 23.2 Å². The fourth-order valence-corrected chi connectivity index (χ4v) is 2.50. The Morgan fingerprint density at radius 1 is 1.33 bits per heavy atom. The predicted octanol–water partition coefficient (Wildman–Crippen LogP) is 2.25. The maximum Gasteiger partial charge on any atom is 0.240 e. The Morgan fingerprint density at radius 3 is 2.67 bits per heavy atom. The summed E-state index contributed by atoms with van der Waals surface area (Å²) in [5.74, 6) is 0.429. The minimum Gasteiger partial charge on any atom is -0.211 e. The lowest BCUT2D eigenvalue weighted by molar-refractivity contribution is 0.581. The Kier molecular flexibility index (Phi) is 4.86. The second kappa shape index (κ2) is 5.70. The number of halogens is 2. The number of alkyl halides is 1. The first kappa shape index (κ1) is 12.8. The molecule has 3 nitrogen and oxygen atoms in total. The van der Waals surface area contributed by atoms with E-state index < -0.39 is 10.0 Å². The summed E-state index contributed by atoms with van der Waals surface area (Å²) < 4.78 is 25.7. The van der Waals surface area contributed by atoms with Gasteiger partial charge in [-0.25, -0.2) is 13.1 Å². The van der Waals surface area contributed by atoms with Crippen molar-refractivity contribution in [1.82, 2.24) is 4.72 Å². The highest BCUT2D eigenvalue weighted by molar-refractivity contribution is 7.89. The summed E-state index contributed by atoms with van der Waals surface area (Å²) in [5, 5.41) is 0.398. The van der Waals surface area contributed by atoms with Crippen molar-refractivity contribution in [1.29, 1.82) is 0 Å². The number of benzene rings is 1. The minimum atomic E-state index is -3.45. The lowest BCUT2D eigenvalue weighted by Crippen LogP contribution is -2.24. The van der Waals surface area contributed by atoms with E-state index in [1.807, 2.05) is 0 Å². The first-order valence-electron chi connectivity index (χ1n) is 4.37. The molecule has 0 spiro atoms.